The van der Waals surface area contributed by atoms with Gasteiger partial charge in [-0.1, -0.05) is 42.5 Å². The van der Waals surface area contributed by atoms with Crippen LogP contribution in [0.2, 0.25) is 0 Å². The maximum Gasteiger partial charge on any atom is 0.342 e. The number of carbonyl (C=O) groups excluding carboxylic acids is 1. The molecule has 0 bridgehead atoms. The van der Waals surface area contributed by atoms with Gasteiger partial charge in [-0.2, -0.15) is 0 Å². The summed E-state index contributed by atoms with van der Waals surface area (Å²) >= 11 is 0. The molecule has 0 amide bonds. The Morgan fingerprint density at radius 1 is 1.19 bits per heavy atom. The Morgan fingerprint density at radius 2 is 1.87 bits per heavy atom. The van der Waals surface area contributed by atoms with E-state index in [4.69, 9.17) is 4.74 Å². The highest BCUT2D eigenvalue weighted by atomic mass is 16.6. The maximum atomic E-state index is 12.9. The van der Waals surface area contributed by atoms with Gasteiger partial charge in [0.05, 0.1) is 21.9 Å². The van der Waals surface area contributed by atoms with E-state index in [0.717, 1.165) is 6.54 Å². The number of aliphatic imine (C=N–C) groups is 1. The monoisotopic (exact) mass is 422 g/mol. The summed E-state index contributed by atoms with van der Waals surface area (Å²) in [6.07, 6.45) is -0.316. The molecule has 1 atom stereocenters. The lowest BCUT2D eigenvalue weighted by molar-refractivity contribution is -0.385. The number of benzene rings is 2. The number of carbonyl (C=O) groups is 1. The summed E-state index contributed by atoms with van der Waals surface area (Å²) in [5.74, 6) is -0.554. The third kappa shape index (κ3) is 5.55. The number of nitrogens with one attached hydrogen (secondary N) is 1. The van der Waals surface area contributed by atoms with Gasteiger partial charge in [-0.05, 0) is 32.5 Å². The highest BCUT2D eigenvalue weighted by Crippen LogP contribution is 2.29. The van der Waals surface area contributed by atoms with Gasteiger partial charge in [0.15, 0.2) is 0 Å². The zero-order chi connectivity index (χ0) is 22.4. The van der Waals surface area contributed by atoms with Crippen LogP contribution >= 0.6 is 0 Å². The molecule has 1 heterocycles. The van der Waals surface area contributed by atoms with Crippen LogP contribution in [-0.2, 0) is 16.1 Å². The molecule has 1 unspecified atom stereocenters. The number of nitro benzene ring substituents is 1. The largest absolute Gasteiger partial charge is 0.461 e. The number of para-hydroxylation sites is 1. The Kier molecular flexibility index (Phi) is 7.15. The van der Waals surface area contributed by atoms with Gasteiger partial charge < -0.3 is 10.1 Å². The fourth-order valence-corrected chi connectivity index (χ4v) is 3.50. The number of ether oxygens (including phenoxy) is 1. The van der Waals surface area contributed by atoms with Crippen molar-refractivity contribution in [2.45, 2.75) is 26.6 Å². The molecule has 0 saturated carbocycles. The Hall–Kier alpha value is -3.52. The van der Waals surface area contributed by atoms with E-state index in [2.05, 4.69) is 15.2 Å². The Bertz CT molecular complexity index is 1020. The van der Waals surface area contributed by atoms with Gasteiger partial charge in [-0.15, -0.1) is 0 Å². The summed E-state index contributed by atoms with van der Waals surface area (Å²) in [6, 6.07) is 16.3. The molecular weight excluding hydrogens is 396 g/mol. The van der Waals surface area contributed by atoms with Crippen LogP contribution < -0.4 is 5.32 Å². The molecule has 8 heteroatoms. The zero-order valence-electron chi connectivity index (χ0n) is 17.9. The molecule has 0 radical (unpaired) electrons. The quantitative estimate of drug-likeness (QED) is 0.398. The van der Waals surface area contributed by atoms with E-state index in [-0.39, 0.29) is 24.0 Å². The first-order valence-corrected chi connectivity index (χ1v) is 10.1. The lowest BCUT2D eigenvalue weighted by Crippen LogP contribution is -2.34. The normalized spacial score (nSPS) is 16.0. The lowest BCUT2D eigenvalue weighted by atomic mass is 9.99. The van der Waals surface area contributed by atoms with Gasteiger partial charge in [0.1, 0.15) is 18.3 Å². The molecule has 0 fully saturated rings. The van der Waals surface area contributed by atoms with Crippen LogP contribution in [0, 0.1) is 10.1 Å². The van der Waals surface area contributed by atoms with E-state index in [9.17, 15) is 14.9 Å². The van der Waals surface area contributed by atoms with E-state index < -0.39 is 10.9 Å². The molecule has 1 aliphatic rings. The summed E-state index contributed by atoms with van der Waals surface area (Å²) in [5.41, 5.74) is 2.50. The third-order valence-electron chi connectivity index (χ3n) is 4.93. The van der Waals surface area contributed by atoms with E-state index in [1.807, 2.05) is 44.3 Å². The predicted molar refractivity (Wildman–Crippen MR) is 119 cm³/mol. The van der Waals surface area contributed by atoms with E-state index in [0.29, 0.717) is 23.5 Å². The van der Waals surface area contributed by atoms with Crippen molar-refractivity contribution in [1.29, 1.82) is 0 Å². The summed E-state index contributed by atoms with van der Waals surface area (Å²) < 4.78 is 5.52. The highest BCUT2D eigenvalue weighted by molar-refractivity contribution is 6.24. The molecule has 0 saturated heterocycles. The van der Waals surface area contributed by atoms with Gasteiger partial charge >= 0.3 is 5.97 Å². The fraction of sp³-hybridized carbons (Fsp3) is 0.304. The minimum absolute atomic E-state index is 0.0835. The highest BCUT2D eigenvalue weighted by Gasteiger charge is 2.29. The first-order chi connectivity index (χ1) is 14.9. The average Bonchev–Trinajstić information content (AvgIpc) is 2.73. The number of hydrogen-bond donors (Lipinski definition) is 1. The average molecular weight is 422 g/mol. The van der Waals surface area contributed by atoms with Crippen molar-refractivity contribution in [3.8, 4) is 0 Å². The van der Waals surface area contributed by atoms with Crippen molar-refractivity contribution in [1.82, 2.24) is 10.2 Å². The van der Waals surface area contributed by atoms with Crippen LogP contribution in [0.3, 0.4) is 0 Å². The van der Waals surface area contributed by atoms with Crippen molar-refractivity contribution < 1.29 is 14.5 Å². The van der Waals surface area contributed by atoms with E-state index in [1.165, 1.54) is 11.6 Å². The summed E-state index contributed by atoms with van der Waals surface area (Å²) in [4.78, 5) is 30.4. The van der Waals surface area contributed by atoms with Gasteiger partial charge in [0.25, 0.3) is 5.69 Å². The first kappa shape index (κ1) is 22.2. The summed E-state index contributed by atoms with van der Waals surface area (Å²) in [7, 11) is 1.95. The standard InChI is InChI=1S/C23H26N4O4/c1-16-21(23(28)31-14-13-26(3)15-18-9-5-4-6-10-18)22(25-17(2)24-16)19-11-7-8-12-20(19)27(29)30/h4-12,17,25H,13-15H2,1-3H3. The molecule has 162 valence electrons. The molecule has 3 rings (SSSR count). The molecule has 1 N–H and O–H groups in total. The maximum absolute atomic E-state index is 12.9. The lowest BCUT2D eigenvalue weighted by Gasteiger charge is -2.24. The van der Waals surface area contributed by atoms with Crippen LogP contribution in [0.25, 0.3) is 5.70 Å². The van der Waals surface area contributed by atoms with Crippen molar-refractivity contribution >= 4 is 23.1 Å². The van der Waals surface area contributed by atoms with Gasteiger partial charge in [0, 0.05) is 19.2 Å². The predicted octanol–water partition coefficient (Wildman–Crippen LogP) is 3.39. The molecule has 0 aromatic heterocycles. The van der Waals surface area contributed by atoms with Gasteiger partial charge in [-0.25, -0.2) is 4.79 Å². The minimum atomic E-state index is -0.554. The van der Waals surface area contributed by atoms with Gasteiger partial charge in [-0.3, -0.25) is 20.0 Å². The van der Waals surface area contributed by atoms with Crippen molar-refractivity contribution in [2.75, 3.05) is 20.2 Å². The SMILES string of the molecule is CC1=NC(C)NC(c2ccccc2[N+](=O)[O-])=C1C(=O)OCCN(C)Cc1ccccc1. The van der Waals surface area contributed by atoms with Crippen molar-refractivity contribution in [2.24, 2.45) is 4.99 Å². The van der Waals surface area contributed by atoms with E-state index >= 15 is 0 Å². The van der Waals surface area contributed by atoms with Gasteiger partial charge in [0.2, 0.25) is 0 Å². The fourth-order valence-electron chi connectivity index (χ4n) is 3.50. The smallest absolute Gasteiger partial charge is 0.342 e. The van der Waals surface area contributed by atoms with E-state index in [1.54, 1.807) is 25.1 Å². The summed E-state index contributed by atoms with van der Waals surface area (Å²) in [5, 5.41) is 14.6. The molecule has 0 spiro atoms. The number of esters is 1. The Labute approximate surface area is 181 Å². The number of rotatable bonds is 8. The van der Waals surface area contributed by atoms with Crippen LogP contribution in [0.1, 0.15) is 25.0 Å². The number of nitrogens with zero attached hydrogens (tertiary/aromatic N) is 3. The number of hydrogen-bond acceptors (Lipinski definition) is 7. The second kappa shape index (κ2) is 9.99. The minimum Gasteiger partial charge on any atom is -0.461 e. The second-order valence-corrected chi connectivity index (χ2v) is 7.42. The zero-order valence-corrected chi connectivity index (χ0v) is 17.9. The molecule has 31 heavy (non-hydrogen) atoms. The molecular formula is C23H26N4O4. The van der Waals surface area contributed by atoms with Crippen molar-refractivity contribution in [3.63, 3.8) is 0 Å². The topological polar surface area (TPSA) is 97.1 Å². The van der Waals surface area contributed by atoms with Crippen LogP contribution in [-0.4, -0.2) is 47.9 Å². The number of likely N-dealkylation sites (N-methyl/N-ethyl adjacent to an activating group) is 1. The first-order valence-electron chi connectivity index (χ1n) is 10.1. The molecule has 2 aromatic rings. The molecule has 0 aliphatic carbocycles. The van der Waals surface area contributed by atoms with Crippen LogP contribution in [0.15, 0.2) is 65.2 Å². The molecule has 8 nitrogen and oxygen atoms in total. The Balaban J connectivity index is 1.76. The number of nitro groups is 1. The van der Waals surface area contributed by atoms with Crippen LogP contribution in [0.4, 0.5) is 5.69 Å². The van der Waals surface area contributed by atoms with Crippen molar-refractivity contribution in [3.05, 3.63) is 81.4 Å². The second-order valence-electron chi connectivity index (χ2n) is 7.42. The molecule has 1 aliphatic heterocycles. The Morgan fingerprint density at radius 3 is 2.58 bits per heavy atom. The molecule has 2 aromatic carbocycles. The van der Waals surface area contributed by atoms with Crippen LogP contribution in [0.5, 0.6) is 0 Å². The summed E-state index contributed by atoms with van der Waals surface area (Å²) in [6.45, 7) is 5.01. The third-order valence-corrected chi connectivity index (χ3v) is 4.93.